The summed E-state index contributed by atoms with van der Waals surface area (Å²) < 4.78 is 4.08. The second-order valence-electron chi connectivity index (χ2n) is 4.99. The van der Waals surface area contributed by atoms with Crippen LogP contribution in [0.25, 0.3) is 0 Å². The first-order valence-electron chi connectivity index (χ1n) is 7.52. The van der Waals surface area contributed by atoms with Gasteiger partial charge in [0, 0.05) is 31.2 Å². The minimum Gasteiger partial charge on any atom is -0.374 e. The van der Waals surface area contributed by atoms with Gasteiger partial charge in [-0.3, -0.25) is 4.90 Å². The summed E-state index contributed by atoms with van der Waals surface area (Å²) in [5.41, 5.74) is 1.10. The number of anilines is 1. The van der Waals surface area contributed by atoms with Crippen molar-refractivity contribution < 1.29 is 0 Å². The zero-order valence-corrected chi connectivity index (χ0v) is 13.6. The Kier molecular flexibility index (Phi) is 7.98. The Morgan fingerprint density at radius 1 is 1.21 bits per heavy atom. The predicted molar refractivity (Wildman–Crippen MR) is 83.7 cm³/mol. The predicted octanol–water partition coefficient (Wildman–Crippen LogP) is 3.62. The molecule has 4 nitrogen and oxygen atoms in total. The molecule has 0 radical (unpaired) electrons. The van der Waals surface area contributed by atoms with E-state index in [1.165, 1.54) is 24.4 Å². The maximum atomic E-state index is 4.28. The molecule has 0 amide bonds. The van der Waals surface area contributed by atoms with E-state index in [-0.39, 0.29) is 0 Å². The summed E-state index contributed by atoms with van der Waals surface area (Å²) in [4.78, 5) is 2.48. The molecule has 19 heavy (non-hydrogen) atoms. The topological polar surface area (TPSA) is 41.1 Å². The molecule has 5 heteroatoms. The summed E-state index contributed by atoms with van der Waals surface area (Å²) in [6, 6.07) is 0. The zero-order valence-electron chi connectivity index (χ0n) is 12.8. The smallest absolute Gasteiger partial charge is 0.134 e. The van der Waals surface area contributed by atoms with E-state index in [0.717, 1.165) is 49.2 Å². The lowest BCUT2D eigenvalue weighted by atomic mass is 10.0. The van der Waals surface area contributed by atoms with Crippen molar-refractivity contribution in [3.05, 3.63) is 5.69 Å². The van der Waals surface area contributed by atoms with Gasteiger partial charge in [0.05, 0.1) is 0 Å². The van der Waals surface area contributed by atoms with Crippen LogP contribution in [0.5, 0.6) is 0 Å². The summed E-state index contributed by atoms with van der Waals surface area (Å²) in [7, 11) is 0. The van der Waals surface area contributed by atoms with Crippen LogP contribution in [0.4, 0.5) is 5.00 Å². The largest absolute Gasteiger partial charge is 0.374 e. The fourth-order valence-corrected chi connectivity index (χ4v) is 2.71. The van der Waals surface area contributed by atoms with E-state index < -0.39 is 0 Å². The molecule has 1 aromatic heterocycles. The van der Waals surface area contributed by atoms with Crippen LogP contribution < -0.4 is 5.32 Å². The fraction of sp³-hybridized carbons (Fsp3) is 0.857. The first kappa shape index (κ1) is 16.4. The van der Waals surface area contributed by atoms with Crippen LogP contribution in [0.15, 0.2) is 0 Å². The van der Waals surface area contributed by atoms with Crippen LogP contribution >= 0.6 is 11.5 Å². The molecule has 1 rings (SSSR count). The van der Waals surface area contributed by atoms with Crippen LogP contribution in [0.1, 0.15) is 52.7 Å². The molecule has 0 aliphatic carbocycles. The van der Waals surface area contributed by atoms with Gasteiger partial charge in [0.25, 0.3) is 0 Å². The van der Waals surface area contributed by atoms with Gasteiger partial charge in [-0.2, -0.15) is 0 Å². The van der Waals surface area contributed by atoms with Gasteiger partial charge in [-0.25, -0.2) is 0 Å². The second-order valence-corrected chi connectivity index (χ2v) is 5.74. The SMILES string of the molecule is CCCNc1snnc1CN(CC)CC(CC)CC. The van der Waals surface area contributed by atoms with E-state index in [1.54, 1.807) is 0 Å². The van der Waals surface area contributed by atoms with Gasteiger partial charge in [0.15, 0.2) is 0 Å². The highest BCUT2D eigenvalue weighted by Gasteiger charge is 2.14. The first-order valence-corrected chi connectivity index (χ1v) is 8.29. The van der Waals surface area contributed by atoms with Crippen molar-refractivity contribution in [2.45, 2.75) is 53.5 Å². The molecule has 0 aliphatic rings. The molecular weight excluding hydrogens is 256 g/mol. The summed E-state index contributed by atoms with van der Waals surface area (Å²) in [6.45, 7) is 13.1. The van der Waals surface area contributed by atoms with Crippen LogP contribution in [0.3, 0.4) is 0 Å². The van der Waals surface area contributed by atoms with Gasteiger partial charge in [-0.1, -0.05) is 45.0 Å². The molecule has 0 aliphatic heterocycles. The van der Waals surface area contributed by atoms with Crippen LogP contribution in [-0.4, -0.2) is 34.1 Å². The Morgan fingerprint density at radius 3 is 2.53 bits per heavy atom. The molecule has 1 heterocycles. The molecule has 1 N–H and O–H groups in total. The van der Waals surface area contributed by atoms with E-state index in [0.29, 0.717) is 0 Å². The summed E-state index contributed by atoms with van der Waals surface area (Å²) in [6.07, 6.45) is 3.63. The summed E-state index contributed by atoms with van der Waals surface area (Å²) in [5.74, 6) is 0.790. The van der Waals surface area contributed by atoms with Crippen molar-refractivity contribution in [2.24, 2.45) is 5.92 Å². The number of nitrogens with one attached hydrogen (secondary N) is 1. The number of hydrogen-bond donors (Lipinski definition) is 1. The molecule has 0 atom stereocenters. The Balaban J connectivity index is 2.57. The minimum absolute atomic E-state index is 0.790. The minimum atomic E-state index is 0.790. The molecule has 0 unspecified atom stereocenters. The molecule has 0 bridgehead atoms. The molecule has 0 spiro atoms. The number of aromatic nitrogens is 2. The molecular formula is C14H28N4S. The number of hydrogen-bond acceptors (Lipinski definition) is 5. The quantitative estimate of drug-likeness (QED) is 0.712. The lowest BCUT2D eigenvalue weighted by Gasteiger charge is -2.24. The highest BCUT2D eigenvalue weighted by Crippen LogP contribution is 2.20. The third kappa shape index (κ3) is 5.45. The van der Waals surface area contributed by atoms with E-state index in [4.69, 9.17) is 0 Å². The highest BCUT2D eigenvalue weighted by atomic mass is 32.1. The van der Waals surface area contributed by atoms with Gasteiger partial charge in [-0.15, -0.1) is 5.10 Å². The van der Waals surface area contributed by atoms with E-state index in [1.807, 2.05) is 0 Å². The Morgan fingerprint density at radius 2 is 1.95 bits per heavy atom. The molecule has 1 aromatic rings. The molecule has 0 fully saturated rings. The van der Waals surface area contributed by atoms with E-state index >= 15 is 0 Å². The average Bonchev–Trinajstić information content (AvgIpc) is 2.88. The maximum Gasteiger partial charge on any atom is 0.134 e. The van der Waals surface area contributed by atoms with Gasteiger partial charge in [-0.05, 0) is 18.9 Å². The Labute approximate surface area is 121 Å². The fourth-order valence-electron chi connectivity index (χ4n) is 2.11. The third-order valence-corrected chi connectivity index (χ3v) is 4.31. The van der Waals surface area contributed by atoms with Crippen molar-refractivity contribution >= 4 is 16.5 Å². The monoisotopic (exact) mass is 284 g/mol. The summed E-state index contributed by atoms with van der Waals surface area (Å²) in [5, 5.41) is 8.84. The van der Waals surface area contributed by atoms with Gasteiger partial charge in [0.1, 0.15) is 10.7 Å². The molecule has 0 saturated heterocycles. The van der Waals surface area contributed by atoms with Gasteiger partial charge >= 0.3 is 0 Å². The summed E-state index contributed by atoms with van der Waals surface area (Å²) >= 11 is 1.47. The second kappa shape index (κ2) is 9.26. The average molecular weight is 284 g/mol. The molecule has 0 aromatic carbocycles. The lowest BCUT2D eigenvalue weighted by Crippen LogP contribution is -2.29. The van der Waals surface area contributed by atoms with Crippen LogP contribution in [-0.2, 0) is 6.54 Å². The van der Waals surface area contributed by atoms with Crippen molar-refractivity contribution in [3.63, 3.8) is 0 Å². The number of nitrogens with zero attached hydrogens (tertiary/aromatic N) is 3. The highest BCUT2D eigenvalue weighted by molar-refractivity contribution is 7.10. The van der Waals surface area contributed by atoms with Crippen molar-refractivity contribution in [1.82, 2.24) is 14.5 Å². The van der Waals surface area contributed by atoms with Crippen LogP contribution in [0, 0.1) is 5.92 Å². The van der Waals surface area contributed by atoms with Crippen molar-refractivity contribution in [1.29, 1.82) is 0 Å². The van der Waals surface area contributed by atoms with Crippen molar-refractivity contribution in [3.8, 4) is 0 Å². The Hall–Kier alpha value is -0.680. The zero-order chi connectivity index (χ0) is 14.1. The first-order chi connectivity index (χ1) is 9.24. The lowest BCUT2D eigenvalue weighted by molar-refractivity contribution is 0.224. The standard InChI is InChI=1S/C14H28N4S/c1-5-9-15-14-13(16-17-19-14)11-18(8-4)10-12(6-2)7-3/h12,15H,5-11H2,1-4H3. The van der Waals surface area contributed by atoms with Crippen molar-refractivity contribution in [2.75, 3.05) is 25.0 Å². The molecule has 110 valence electrons. The van der Waals surface area contributed by atoms with E-state index in [9.17, 15) is 0 Å². The maximum absolute atomic E-state index is 4.28. The van der Waals surface area contributed by atoms with Gasteiger partial charge in [0.2, 0.25) is 0 Å². The normalized spacial score (nSPS) is 11.5. The molecule has 0 saturated carbocycles. The number of rotatable bonds is 10. The van der Waals surface area contributed by atoms with Gasteiger partial charge < -0.3 is 5.32 Å². The van der Waals surface area contributed by atoms with E-state index in [2.05, 4.69) is 47.5 Å². The Bertz CT molecular complexity index is 336. The third-order valence-electron chi connectivity index (χ3n) is 3.58. The van der Waals surface area contributed by atoms with Crippen LogP contribution in [0.2, 0.25) is 0 Å².